The van der Waals surface area contributed by atoms with E-state index in [4.69, 9.17) is 5.73 Å². The molecule has 3 aromatic carbocycles. The van der Waals surface area contributed by atoms with Crippen molar-refractivity contribution < 1.29 is 4.79 Å². The Bertz CT molecular complexity index is 870. The van der Waals surface area contributed by atoms with Crippen LogP contribution in [-0.2, 0) is 6.54 Å². The highest BCUT2D eigenvalue weighted by Gasteiger charge is 2.14. The number of benzene rings is 3. The fraction of sp³-hybridized carbons (Fsp3) is 0.136. The van der Waals surface area contributed by atoms with Gasteiger partial charge in [-0.1, -0.05) is 60.7 Å². The molecule has 3 rings (SSSR count). The average Bonchev–Trinajstić information content (AvgIpc) is 2.64. The molecule has 0 saturated heterocycles. The number of carbonyl (C=O) groups excluding carboxylic acids is 1. The Balaban J connectivity index is 1.73. The zero-order chi connectivity index (χ0) is 17.8. The Morgan fingerprint density at radius 3 is 2.24 bits per heavy atom. The second-order valence-corrected chi connectivity index (χ2v) is 6.30. The molecular formula is C22H22N2O. The molecule has 3 heteroatoms. The second-order valence-electron chi connectivity index (χ2n) is 6.30. The van der Waals surface area contributed by atoms with Gasteiger partial charge in [-0.2, -0.15) is 0 Å². The molecule has 2 N–H and O–H groups in total. The van der Waals surface area contributed by atoms with E-state index in [0.29, 0.717) is 17.8 Å². The predicted octanol–water partition coefficient (Wildman–Crippen LogP) is 4.52. The summed E-state index contributed by atoms with van der Waals surface area (Å²) in [6.45, 7) is 2.48. The van der Waals surface area contributed by atoms with Gasteiger partial charge in [0.25, 0.3) is 5.91 Å². The van der Waals surface area contributed by atoms with Crippen LogP contribution in [0.5, 0.6) is 0 Å². The number of rotatable bonds is 4. The van der Waals surface area contributed by atoms with Crippen LogP contribution in [-0.4, -0.2) is 17.9 Å². The molecule has 126 valence electrons. The van der Waals surface area contributed by atoms with Crippen LogP contribution in [0, 0.1) is 6.92 Å². The molecule has 0 aliphatic heterocycles. The van der Waals surface area contributed by atoms with Crippen LogP contribution in [0.4, 0.5) is 5.69 Å². The van der Waals surface area contributed by atoms with Gasteiger partial charge in [-0.3, -0.25) is 4.79 Å². The van der Waals surface area contributed by atoms with Crippen LogP contribution in [0.1, 0.15) is 21.5 Å². The number of nitrogens with two attached hydrogens (primary N) is 1. The summed E-state index contributed by atoms with van der Waals surface area (Å²) < 4.78 is 0. The van der Waals surface area contributed by atoms with E-state index in [0.717, 1.165) is 11.1 Å². The Kier molecular flexibility index (Phi) is 4.85. The molecule has 0 atom stereocenters. The lowest BCUT2D eigenvalue weighted by molar-refractivity contribution is 0.0784. The summed E-state index contributed by atoms with van der Waals surface area (Å²) in [6.07, 6.45) is 0. The topological polar surface area (TPSA) is 46.3 Å². The van der Waals surface area contributed by atoms with Crippen molar-refractivity contribution in [2.45, 2.75) is 13.5 Å². The van der Waals surface area contributed by atoms with Crippen LogP contribution < -0.4 is 5.73 Å². The quantitative estimate of drug-likeness (QED) is 0.715. The summed E-state index contributed by atoms with van der Waals surface area (Å²) in [7, 11) is 1.82. The molecule has 3 nitrogen and oxygen atoms in total. The van der Waals surface area contributed by atoms with Crippen molar-refractivity contribution in [2.75, 3.05) is 12.8 Å². The number of carbonyl (C=O) groups is 1. The minimum Gasteiger partial charge on any atom is -0.399 e. The number of hydrogen-bond acceptors (Lipinski definition) is 2. The first-order valence-corrected chi connectivity index (χ1v) is 8.30. The number of anilines is 1. The van der Waals surface area contributed by atoms with E-state index in [9.17, 15) is 4.79 Å². The summed E-state index contributed by atoms with van der Waals surface area (Å²) in [5, 5.41) is 0. The molecule has 25 heavy (non-hydrogen) atoms. The van der Waals surface area contributed by atoms with E-state index in [2.05, 4.69) is 36.4 Å². The van der Waals surface area contributed by atoms with E-state index >= 15 is 0 Å². The first kappa shape index (κ1) is 16.8. The van der Waals surface area contributed by atoms with E-state index in [1.54, 1.807) is 11.0 Å². The minimum atomic E-state index is -0.0167. The van der Waals surface area contributed by atoms with Crippen molar-refractivity contribution in [3.05, 3.63) is 89.5 Å². The molecule has 0 aliphatic rings. The van der Waals surface area contributed by atoms with Gasteiger partial charge in [-0.05, 0) is 41.3 Å². The third kappa shape index (κ3) is 3.89. The molecule has 0 unspecified atom stereocenters. The third-order valence-electron chi connectivity index (χ3n) is 4.32. The van der Waals surface area contributed by atoms with Crippen LogP contribution in [0.25, 0.3) is 11.1 Å². The second kappa shape index (κ2) is 7.22. The van der Waals surface area contributed by atoms with Crippen molar-refractivity contribution in [2.24, 2.45) is 0 Å². The van der Waals surface area contributed by atoms with Crippen LogP contribution in [0.2, 0.25) is 0 Å². The largest absolute Gasteiger partial charge is 0.399 e. The van der Waals surface area contributed by atoms with Crippen molar-refractivity contribution in [3.63, 3.8) is 0 Å². The van der Waals surface area contributed by atoms with Crippen LogP contribution in [0.3, 0.4) is 0 Å². The smallest absolute Gasteiger partial charge is 0.254 e. The number of hydrogen-bond donors (Lipinski definition) is 1. The fourth-order valence-electron chi connectivity index (χ4n) is 2.85. The molecule has 0 fully saturated rings. The minimum absolute atomic E-state index is 0.0167. The Hall–Kier alpha value is -3.07. The normalized spacial score (nSPS) is 10.5. The van der Waals surface area contributed by atoms with Crippen LogP contribution in [0.15, 0.2) is 72.8 Å². The molecule has 0 radical (unpaired) electrons. The zero-order valence-corrected chi connectivity index (χ0v) is 14.6. The summed E-state index contributed by atoms with van der Waals surface area (Å²) in [5.74, 6) is -0.0167. The van der Waals surface area contributed by atoms with Crippen molar-refractivity contribution in [1.82, 2.24) is 4.90 Å². The Morgan fingerprint density at radius 2 is 1.56 bits per heavy atom. The van der Waals surface area contributed by atoms with Gasteiger partial charge in [-0.25, -0.2) is 0 Å². The molecule has 0 aromatic heterocycles. The van der Waals surface area contributed by atoms with Gasteiger partial charge < -0.3 is 10.6 Å². The first-order chi connectivity index (χ1) is 12.0. The maximum atomic E-state index is 12.7. The highest BCUT2D eigenvalue weighted by atomic mass is 16.2. The lowest BCUT2D eigenvalue weighted by Crippen LogP contribution is -2.26. The Morgan fingerprint density at radius 1 is 0.920 bits per heavy atom. The van der Waals surface area contributed by atoms with Crippen LogP contribution >= 0.6 is 0 Å². The van der Waals surface area contributed by atoms with Gasteiger partial charge in [0, 0.05) is 24.8 Å². The average molecular weight is 330 g/mol. The molecule has 1 amide bonds. The number of nitrogens with zero attached hydrogens (tertiary/aromatic N) is 1. The van der Waals surface area contributed by atoms with E-state index in [1.807, 2.05) is 44.3 Å². The summed E-state index contributed by atoms with van der Waals surface area (Å²) in [4.78, 5) is 14.4. The van der Waals surface area contributed by atoms with E-state index < -0.39 is 0 Å². The van der Waals surface area contributed by atoms with Gasteiger partial charge in [0.1, 0.15) is 0 Å². The molecule has 0 heterocycles. The highest BCUT2D eigenvalue weighted by molar-refractivity contribution is 5.96. The monoisotopic (exact) mass is 330 g/mol. The fourth-order valence-corrected chi connectivity index (χ4v) is 2.85. The van der Waals surface area contributed by atoms with Gasteiger partial charge in [0.2, 0.25) is 0 Å². The van der Waals surface area contributed by atoms with Crippen molar-refractivity contribution in [3.8, 4) is 11.1 Å². The third-order valence-corrected chi connectivity index (χ3v) is 4.32. The predicted molar refractivity (Wildman–Crippen MR) is 103 cm³/mol. The number of amides is 1. The van der Waals surface area contributed by atoms with E-state index in [1.165, 1.54) is 11.1 Å². The summed E-state index contributed by atoms with van der Waals surface area (Å²) >= 11 is 0. The molecule has 0 spiro atoms. The summed E-state index contributed by atoms with van der Waals surface area (Å²) in [6, 6.07) is 24.0. The molecule has 0 bridgehead atoms. The highest BCUT2D eigenvalue weighted by Crippen LogP contribution is 2.20. The molecule has 3 aromatic rings. The Labute approximate surface area is 148 Å². The lowest BCUT2D eigenvalue weighted by Gasteiger charge is -2.19. The van der Waals surface area contributed by atoms with Gasteiger partial charge >= 0.3 is 0 Å². The zero-order valence-electron chi connectivity index (χ0n) is 14.6. The maximum Gasteiger partial charge on any atom is 0.254 e. The van der Waals surface area contributed by atoms with Gasteiger partial charge in [-0.15, -0.1) is 0 Å². The molecule has 0 aliphatic carbocycles. The lowest BCUT2D eigenvalue weighted by atomic mass is 10.0. The maximum absolute atomic E-state index is 12.7. The summed E-state index contributed by atoms with van der Waals surface area (Å²) in [5.41, 5.74) is 11.5. The standard InChI is InChI=1S/C22H22N2O/c1-16-8-13-20(23)14-21(16)22(25)24(2)15-17-9-11-19(12-10-17)18-6-4-3-5-7-18/h3-14H,15,23H2,1-2H3. The molecule has 0 saturated carbocycles. The first-order valence-electron chi connectivity index (χ1n) is 8.30. The number of aryl methyl sites for hydroxylation is 1. The number of nitrogen functional groups attached to an aromatic ring is 1. The van der Waals surface area contributed by atoms with Gasteiger partial charge in [0.05, 0.1) is 0 Å². The van der Waals surface area contributed by atoms with Crippen molar-refractivity contribution in [1.29, 1.82) is 0 Å². The van der Waals surface area contributed by atoms with Crippen molar-refractivity contribution >= 4 is 11.6 Å². The molecular weight excluding hydrogens is 308 g/mol. The van der Waals surface area contributed by atoms with E-state index in [-0.39, 0.29) is 5.91 Å². The SMILES string of the molecule is Cc1ccc(N)cc1C(=O)N(C)Cc1ccc(-c2ccccc2)cc1. The van der Waals surface area contributed by atoms with Gasteiger partial charge in [0.15, 0.2) is 0 Å².